The second-order valence-corrected chi connectivity index (χ2v) is 7.68. The highest BCUT2D eigenvalue weighted by Crippen LogP contribution is 2.26. The first kappa shape index (κ1) is 22.5. The third-order valence-corrected chi connectivity index (χ3v) is 5.69. The summed E-state index contributed by atoms with van der Waals surface area (Å²) in [6, 6.07) is 5.32. The number of likely N-dealkylation sites (N-methyl/N-ethyl adjacent to an activating group) is 1. The van der Waals surface area contributed by atoms with Gasteiger partial charge in [-0.3, -0.25) is 14.4 Å². The van der Waals surface area contributed by atoms with E-state index in [0.717, 1.165) is 18.4 Å². The van der Waals surface area contributed by atoms with E-state index in [9.17, 15) is 14.4 Å². The van der Waals surface area contributed by atoms with E-state index in [-0.39, 0.29) is 36.7 Å². The Labute approximate surface area is 175 Å². The Kier molecular flexibility index (Phi) is 8.58. The number of amides is 2. The number of carbonyl (C=O) groups is 3. The molecule has 6 nitrogen and oxygen atoms in total. The van der Waals surface area contributed by atoms with E-state index in [1.165, 1.54) is 4.90 Å². The van der Waals surface area contributed by atoms with Gasteiger partial charge in [-0.1, -0.05) is 35.3 Å². The Morgan fingerprint density at radius 1 is 1.29 bits per heavy atom. The Morgan fingerprint density at radius 3 is 2.75 bits per heavy atom. The van der Waals surface area contributed by atoms with E-state index >= 15 is 0 Å². The first-order valence-corrected chi connectivity index (χ1v) is 10.2. The first-order valence-electron chi connectivity index (χ1n) is 9.44. The van der Waals surface area contributed by atoms with Crippen LogP contribution in [0.2, 0.25) is 10.0 Å². The molecule has 1 aromatic carbocycles. The molecule has 0 aromatic heterocycles. The molecule has 0 N–H and O–H groups in total. The van der Waals surface area contributed by atoms with Gasteiger partial charge >= 0.3 is 5.97 Å². The third kappa shape index (κ3) is 6.11. The van der Waals surface area contributed by atoms with Gasteiger partial charge in [0.2, 0.25) is 11.8 Å². The highest BCUT2D eigenvalue weighted by molar-refractivity contribution is 6.42. The topological polar surface area (TPSA) is 66.9 Å². The predicted molar refractivity (Wildman–Crippen MR) is 108 cm³/mol. The van der Waals surface area contributed by atoms with Crippen molar-refractivity contribution in [3.05, 3.63) is 33.8 Å². The van der Waals surface area contributed by atoms with Gasteiger partial charge in [0.05, 0.1) is 29.1 Å². The number of esters is 1. The Balaban J connectivity index is 1.84. The second-order valence-electron chi connectivity index (χ2n) is 6.89. The summed E-state index contributed by atoms with van der Waals surface area (Å²) in [5.74, 6) is -0.861. The van der Waals surface area contributed by atoms with Crippen molar-refractivity contribution >= 4 is 41.0 Å². The Hall–Kier alpha value is -1.79. The molecule has 8 heteroatoms. The molecule has 0 radical (unpaired) electrons. The quantitative estimate of drug-likeness (QED) is 0.625. The summed E-state index contributed by atoms with van der Waals surface area (Å²) in [4.78, 5) is 39.9. The van der Waals surface area contributed by atoms with Crippen LogP contribution in [0.15, 0.2) is 18.2 Å². The summed E-state index contributed by atoms with van der Waals surface area (Å²) in [5, 5.41) is 0.908. The molecule has 0 aliphatic carbocycles. The van der Waals surface area contributed by atoms with Crippen LogP contribution in [0.3, 0.4) is 0 Å². The van der Waals surface area contributed by atoms with Gasteiger partial charge in [-0.15, -0.1) is 0 Å². The molecule has 1 unspecified atom stereocenters. The standard InChI is InChI=1S/C20H26Cl2N2O4/c1-3-28-20(27)15-7-5-11-24(12-15)18(26)13-23(2)17(25)10-9-14-6-4-8-16(21)19(14)22/h4,6,8,15H,3,5,7,9-13H2,1-2H3. The summed E-state index contributed by atoms with van der Waals surface area (Å²) in [7, 11) is 1.60. The van der Waals surface area contributed by atoms with Crippen LogP contribution >= 0.6 is 23.2 Å². The maximum absolute atomic E-state index is 12.6. The van der Waals surface area contributed by atoms with Crippen LogP contribution in [-0.2, 0) is 25.5 Å². The number of likely N-dealkylation sites (tertiary alicyclic amines) is 1. The second kappa shape index (κ2) is 10.7. The fraction of sp³-hybridized carbons (Fsp3) is 0.550. The van der Waals surface area contributed by atoms with E-state index in [4.69, 9.17) is 27.9 Å². The van der Waals surface area contributed by atoms with Crippen LogP contribution in [0, 0.1) is 5.92 Å². The van der Waals surface area contributed by atoms with Gasteiger partial charge in [0, 0.05) is 26.6 Å². The number of benzene rings is 1. The van der Waals surface area contributed by atoms with Crippen LogP contribution in [0.25, 0.3) is 0 Å². The van der Waals surface area contributed by atoms with E-state index in [1.807, 2.05) is 6.07 Å². The lowest BCUT2D eigenvalue weighted by atomic mass is 9.98. The van der Waals surface area contributed by atoms with Crippen LogP contribution in [0.1, 0.15) is 31.7 Å². The molecule has 1 fully saturated rings. The number of nitrogens with zero attached hydrogens (tertiary/aromatic N) is 2. The number of piperidine rings is 1. The number of ether oxygens (including phenoxy) is 1. The first-order chi connectivity index (χ1) is 13.3. The summed E-state index contributed by atoms with van der Waals surface area (Å²) >= 11 is 12.1. The van der Waals surface area contributed by atoms with Crippen molar-refractivity contribution in [2.45, 2.75) is 32.6 Å². The highest BCUT2D eigenvalue weighted by atomic mass is 35.5. The minimum absolute atomic E-state index is 0.0162. The lowest BCUT2D eigenvalue weighted by Gasteiger charge is -2.32. The molecule has 1 atom stereocenters. The highest BCUT2D eigenvalue weighted by Gasteiger charge is 2.30. The molecular weight excluding hydrogens is 403 g/mol. The van der Waals surface area contributed by atoms with Crippen LogP contribution < -0.4 is 0 Å². The maximum atomic E-state index is 12.6. The van der Waals surface area contributed by atoms with Crippen LogP contribution in [-0.4, -0.2) is 60.9 Å². The summed E-state index contributed by atoms with van der Waals surface area (Å²) < 4.78 is 5.06. The predicted octanol–water partition coefficient (Wildman–Crippen LogP) is 3.19. The van der Waals surface area contributed by atoms with Gasteiger partial charge in [-0.2, -0.15) is 0 Å². The fourth-order valence-electron chi connectivity index (χ4n) is 3.22. The largest absolute Gasteiger partial charge is 0.466 e. The minimum Gasteiger partial charge on any atom is -0.466 e. The van der Waals surface area contributed by atoms with Gasteiger partial charge in [0.15, 0.2) is 0 Å². The lowest BCUT2D eigenvalue weighted by molar-refractivity contribution is -0.152. The SMILES string of the molecule is CCOC(=O)C1CCCN(C(=O)CN(C)C(=O)CCc2cccc(Cl)c2Cl)C1. The van der Waals surface area contributed by atoms with E-state index in [1.54, 1.807) is 31.0 Å². The minimum atomic E-state index is -0.288. The van der Waals surface area contributed by atoms with E-state index in [2.05, 4.69) is 0 Å². The molecule has 0 bridgehead atoms. The summed E-state index contributed by atoms with van der Waals surface area (Å²) in [5.41, 5.74) is 0.801. The number of aryl methyl sites for hydroxylation is 1. The molecule has 1 aliphatic heterocycles. The monoisotopic (exact) mass is 428 g/mol. The van der Waals surface area contributed by atoms with Gasteiger partial charge in [0.25, 0.3) is 0 Å². The summed E-state index contributed by atoms with van der Waals surface area (Å²) in [6.45, 7) is 3.02. The van der Waals surface area contributed by atoms with Gasteiger partial charge < -0.3 is 14.5 Å². The van der Waals surface area contributed by atoms with Gasteiger partial charge in [-0.05, 0) is 37.8 Å². The van der Waals surface area contributed by atoms with E-state index < -0.39 is 0 Å². The van der Waals surface area contributed by atoms with Crippen molar-refractivity contribution in [1.82, 2.24) is 9.80 Å². The molecule has 1 aromatic rings. The fourth-order valence-corrected chi connectivity index (χ4v) is 3.64. The number of hydrogen-bond donors (Lipinski definition) is 0. The Bertz CT molecular complexity index is 726. The van der Waals surface area contributed by atoms with Crippen LogP contribution in [0.5, 0.6) is 0 Å². The zero-order valence-electron chi connectivity index (χ0n) is 16.2. The van der Waals surface area contributed by atoms with Crippen molar-refractivity contribution in [2.75, 3.05) is 33.3 Å². The zero-order valence-corrected chi connectivity index (χ0v) is 17.8. The molecule has 1 saturated heterocycles. The molecule has 2 rings (SSSR count). The number of rotatable bonds is 7. The van der Waals surface area contributed by atoms with Crippen molar-refractivity contribution in [2.24, 2.45) is 5.92 Å². The zero-order chi connectivity index (χ0) is 20.7. The molecule has 0 spiro atoms. The number of carbonyl (C=O) groups excluding carboxylic acids is 3. The maximum Gasteiger partial charge on any atom is 0.310 e. The van der Waals surface area contributed by atoms with Crippen LogP contribution in [0.4, 0.5) is 0 Å². The number of hydrogen-bond acceptors (Lipinski definition) is 4. The number of halogens is 2. The Morgan fingerprint density at radius 2 is 2.04 bits per heavy atom. The molecule has 28 heavy (non-hydrogen) atoms. The summed E-state index contributed by atoms with van der Waals surface area (Å²) in [6.07, 6.45) is 2.15. The van der Waals surface area contributed by atoms with Gasteiger partial charge in [0.1, 0.15) is 0 Å². The molecule has 154 valence electrons. The average Bonchev–Trinajstić information content (AvgIpc) is 2.69. The van der Waals surface area contributed by atoms with Gasteiger partial charge in [-0.25, -0.2) is 0 Å². The van der Waals surface area contributed by atoms with Crippen molar-refractivity contribution < 1.29 is 19.1 Å². The average molecular weight is 429 g/mol. The molecular formula is C20H26Cl2N2O4. The van der Waals surface area contributed by atoms with E-state index in [0.29, 0.717) is 36.2 Å². The lowest BCUT2D eigenvalue weighted by Crippen LogP contribution is -2.47. The smallest absolute Gasteiger partial charge is 0.310 e. The van der Waals surface area contributed by atoms with Crippen molar-refractivity contribution in [3.63, 3.8) is 0 Å². The molecule has 0 saturated carbocycles. The molecule has 2 amide bonds. The normalized spacial score (nSPS) is 16.6. The third-order valence-electron chi connectivity index (χ3n) is 4.83. The van der Waals surface area contributed by atoms with Crippen molar-refractivity contribution in [1.29, 1.82) is 0 Å². The van der Waals surface area contributed by atoms with Crippen molar-refractivity contribution in [3.8, 4) is 0 Å². The molecule has 1 heterocycles. The molecule has 1 aliphatic rings.